The van der Waals surface area contributed by atoms with Gasteiger partial charge >= 0.3 is 5.97 Å². The van der Waals surface area contributed by atoms with E-state index in [0.717, 1.165) is 5.39 Å². The molecule has 0 aliphatic heterocycles. The molecule has 0 fully saturated rings. The molecule has 2 N–H and O–H groups in total. The Balaban J connectivity index is 2.75. The molecule has 82 valence electrons. The predicted molar refractivity (Wildman–Crippen MR) is 61.7 cm³/mol. The number of rotatable bonds is 2. The zero-order valence-electron chi connectivity index (χ0n) is 8.84. The molecule has 0 aromatic heterocycles. The summed E-state index contributed by atoms with van der Waals surface area (Å²) >= 11 is 0. The van der Waals surface area contributed by atoms with E-state index in [2.05, 4.69) is 0 Å². The molecule has 0 bridgehead atoms. The van der Waals surface area contributed by atoms with Gasteiger partial charge in [0.25, 0.3) is 0 Å². The minimum atomic E-state index is -0.893. The van der Waals surface area contributed by atoms with Gasteiger partial charge in [0, 0.05) is 5.39 Å². The van der Waals surface area contributed by atoms with Crippen molar-refractivity contribution in [3.8, 4) is 5.75 Å². The Morgan fingerprint density at radius 1 is 1.19 bits per heavy atom. The van der Waals surface area contributed by atoms with Crippen molar-refractivity contribution in [1.82, 2.24) is 0 Å². The van der Waals surface area contributed by atoms with Gasteiger partial charge in [-0.2, -0.15) is 0 Å². The number of aromatic hydroxyl groups is 1. The second-order valence-corrected chi connectivity index (χ2v) is 3.78. The molecule has 0 aliphatic carbocycles. The first-order valence-corrected chi connectivity index (χ1v) is 5.04. The van der Waals surface area contributed by atoms with Gasteiger partial charge in [0.15, 0.2) is 0 Å². The number of phenolic OH excluding ortho intramolecular Hbond substituents is 1. The lowest BCUT2D eigenvalue weighted by Gasteiger charge is -2.11. The summed E-state index contributed by atoms with van der Waals surface area (Å²) < 4.78 is 0. The van der Waals surface area contributed by atoms with Crippen molar-refractivity contribution in [3.05, 3.63) is 42.0 Å². The van der Waals surface area contributed by atoms with E-state index in [1.165, 1.54) is 0 Å². The van der Waals surface area contributed by atoms with Crippen LogP contribution in [0.3, 0.4) is 0 Å². The van der Waals surface area contributed by atoms with E-state index in [1.54, 1.807) is 31.2 Å². The van der Waals surface area contributed by atoms with Crippen LogP contribution in [0.2, 0.25) is 0 Å². The van der Waals surface area contributed by atoms with Gasteiger partial charge in [-0.25, -0.2) is 0 Å². The monoisotopic (exact) mass is 216 g/mol. The number of carboxylic acid groups (broad SMARTS) is 1. The number of carboxylic acids is 1. The van der Waals surface area contributed by atoms with Crippen LogP contribution < -0.4 is 0 Å². The molecule has 0 aliphatic rings. The molecule has 0 radical (unpaired) electrons. The van der Waals surface area contributed by atoms with Crippen LogP contribution in [-0.4, -0.2) is 16.2 Å². The molecule has 2 rings (SSSR count). The second-order valence-electron chi connectivity index (χ2n) is 3.78. The van der Waals surface area contributed by atoms with Crippen LogP contribution in [0.4, 0.5) is 0 Å². The fraction of sp³-hybridized carbons (Fsp3) is 0.154. The quantitative estimate of drug-likeness (QED) is 0.811. The van der Waals surface area contributed by atoms with E-state index in [1.807, 2.05) is 12.1 Å². The van der Waals surface area contributed by atoms with Crippen molar-refractivity contribution in [2.24, 2.45) is 0 Å². The minimum absolute atomic E-state index is 0.126. The Morgan fingerprint density at radius 2 is 1.81 bits per heavy atom. The molecule has 0 saturated heterocycles. The summed E-state index contributed by atoms with van der Waals surface area (Å²) in [7, 11) is 0. The van der Waals surface area contributed by atoms with E-state index in [9.17, 15) is 9.90 Å². The van der Waals surface area contributed by atoms with Gasteiger partial charge < -0.3 is 10.2 Å². The highest BCUT2D eigenvalue weighted by Crippen LogP contribution is 2.32. The molecule has 1 unspecified atom stereocenters. The maximum Gasteiger partial charge on any atom is 0.310 e. The predicted octanol–water partition coefficient (Wildman–Crippen LogP) is 2.73. The average molecular weight is 216 g/mol. The fourth-order valence-electron chi connectivity index (χ4n) is 1.84. The third-order valence-electron chi connectivity index (χ3n) is 2.75. The van der Waals surface area contributed by atoms with Crippen LogP contribution in [0.5, 0.6) is 5.75 Å². The van der Waals surface area contributed by atoms with Crippen LogP contribution in [-0.2, 0) is 4.79 Å². The molecule has 3 nitrogen and oxygen atoms in total. The van der Waals surface area contributed by atoms with Gasteiger partial charge in [-0.05, 0) is 23.9 Å². The summed E-state index contributed by atoms with van der Waals surface area (Å²) in [5.74, 6) is -1.39. The Labute approximate surface area is 93.0 Å². The summed E-state index contributed by atoms with van der Waals surface area (Å²) in [6, 6.07) is 10.6. The zero-order chi connectivity index (χ0) is 11.7. The second kappa shape index (κ2) is 3.85. The van der Waals surface area contributed by atoms with Gasteiger partial charge in [0.1, 0.15) is 5.75 Å². The fourth-order valence-corrected chi connectivity index (χ4v) is 1.84. The first kappa shape index (κ1) is 10.5. The van der Waals surface area contributed by atoms with Crippen LogP contribution >= 0.6 is 0 Å². The summed E-state index contributed by atoms with van der Waals surface area (Å²) in [5.41, 5.74) is 0.642. The number of benzene rings is 2. The average Bonchev–Trinajstić information content (AvgIpc) is 2.27. The highest BCUT2D eigenvalue weighted by Gasteiger charge is 2.17. The molecule has 3 heteroatoms. The molecular weight excluding hydrogens is 204 g/mol. The van der Waals surface area contributed by atoms with Crippen molar-refractivity contribution in [3.63, 3.8) is 0 Å². The maximum atomic E-state index is 11.0. The number of fused-ring (bicyclic) bond motifs is 1. The first-order valence-electron chi connectivity index (χ1n) is 5.04. The molecule has 0 spiro atoms. The topological polar surface area (TPSA) is 57.5 Å². The molecule has 0 saturated carbocycles. The molecular formula is C13H12O3. The number of hydrogen-bond acceptors (Lipinski definition) is 2. The van der Waals surface area contributed by atoms with Gasteiger partial charge in [-0.15, -0.1) is 0 Å². The first-order chi connectivity index (χ1) is 7.61. The lowest BCUT2D eigenvalue weighted by atomic mass is 9.94. The highest BCUT2D eigenvalue weighted by atomic mass is 16.4. The summed E-state index contributed by atoms with van der Waals surface area (Å²) in [6.07, 6.45) is 0. The van der Waals surface area contributed by atoms with Crippen molar-refractivity contribution in [1.29, 1.82) is 0 Å². The summed E-state index contributed by atoms with van der Waals surface area (Å²) in [6.45, 7) is 1.61. The van der Waals surface area contributed by atoms with E-state index in [4.69, 9.17) is 5.11 Å². The highest BCUT2D eigenvalue weighted by molar-refractivity contribution is 5.94. The van der Waals surface area contributed by atoms with E-state index < -0.39 is 11.9 Å². The zero-order valence-corrected chi connectivity index (χ0v) is 8.84. The number of phenols is 1. The van der Waals surface area contributed by atoms with Crippen LogP contribution in [0.15, 0.2) is 36.4 Å². The lowest BCUT2D eigenvalue weighted by Crippen LogP contribution is -2.07. The van der Waals surface area contributed by atoms with Crippen molar-refractivity contribution in [2.75, 3.05) is 0 Å². The van der Waals surface area contributed by atoms with Crippen molar-refractivity contribution in [2.45, 2.75) is 12.8 Å². The Kier molecular flexibility index (Phi) is 2.52. The normalized spacial score (nSPS) is 12.6. The number of carbonyl (C=O) groups is 1. The smallest absolute Gasteiger partial charge is 0.310 e. The van der Waals surface area contributed by atoms with Crippen molar-refractivity contribution >= 4 is 16.7 Å². The van der Waals surface area contributed by atoms with E-state index in [0.29, 0.717) is 10.9 Å². The molecule has 1 atom stereocenters. The summed E-state index contributed by atoms with van der Waals surface area (Å²) in [4.78, 5) is 11.0. The van der Waals surface area contributed by atoms with Crippen LogP contribution in [0.1, 0.15) is 18.4 Å². The lowest BCUT2D eigenvalue weighted by molar-refractivity contribution is -0.138. The molecule has 0 amide bonds. The molecule has 0 heterocycles. The molecule has 2 aromatic rings. The van der Waals surface area contributed by atoms with E-state index in [-0.39, 0.29) is 5.75 Å². The molecule has 16 heavy (non-hydrogen) atoms. The number of hydrogen-bond donors (Lipinski definition) is 2. The summed E-state index contributed by atoms with van der Waals surface area (Å²) in [5, 5.41) is 20.3. The van der Waals surface area contributed by atoms with Gasteiger partial charge in [0.05, 0.1) is 5.92 Å². The SMILES string of the molecule is CC(C(=O)O)c1cccc2cccc(O)c12. The Morgan fingerprint density at radius 3 is 2.44 bits per heavy atom. The van der Waals surface area contributed by atoms with Gasteiger partial charge in [-0.1, -0.05) is 30.3 Å². The minimum Gasteiger partial charge on any atom is -0.507 e. The largest absolute Gasteiger partial charge is 0.507 e. The standard InChI is InChI=1S/C13H12O3/c1-8(13(15)16)10-6-2-4-9-5-3-7-11(14)12(9)10/h2-8,14H,1H3,(H,15,16). The Bertz CT molecular complexity index is 541. The number of aliphatic carboxylic acids is 1. The van der Waals surface area contributed by atoms with Crippen LogP contribution in [0.25, 0.3) is 10.8 Å². The van der Waals surface area contributed by atoms with Crippen LogP contribution in [0, 0.1) is 0 Å². The van der Waals surface area contributed by atoms with Gasteiger partial charge in [-0.3, -0.25) is 4.79 Å². The molecule has 2 aromatic carbocycles. The van der Waals surface area contributed by atoms with Crippen molar-refractivity contribution < 1.29 is 15.0 Å². The Hall–Kier alpha value is -2.03. The van der Waals surface area contributed by atoms with E-state index >= 15 is 0 Å². The third-order valence-corrected chi connectivity index (χ3v) is 2.75. The third kappa shape index (κ3) is 1.60. The maximum absolute atomic E-state index is 11.0. The van der Waals surface area contributed by atoms with Gasteiger partial charge in [0.2, 0.25) is 0 Å².